The van der Waals surface area contributed by atoms with E-state index in [9.17, 15) is 13.7 Å². The van der Waals surface area contributed by atoms with Crippen LogP contribution in [0.3, 0.4) is 0 Å². The molecule has 1 N–H and O–H groups in total. The number of nitrogens with one attached hydrogen (secondary N) is 1. The van der Waals surface area contributed by atoms with Crippen molar-refractivity contribution in [2.24, 2.45) is 0 Å². The first kappa shape index (κ1) is 18.7. The Morgan fingerprint density at radius 3 is 2.68 bits per heavy atom. The summed E-state index contributed by atoms with van der Waals surface area (Å²) in [6, 6.07) is 20.6. The summed E-state index contributed by atoms with van der Waals surface area (Å²) >= 11 is 1.23. The summed E-state index contributed by atoms with van der Waals surface area (Å²) in [4.78, 5) is 0. The molecule has 0 radical (unpaired) electrons. The fourth-order valence-corrected chi connectivity index (χ4v) is 6.18. The minimum atomic E-state index is -3.64. The molecule has 0 bridgehead atoms. The summed E-state index contributed by atoms with van der Waals surface area (Å²) in [7, 11) is -3.64. The Morgan fingerprint density at radius 1 is 1.14 bits per heavy atom. The molecule has 0 saturated heterocycles. The average molecular weight is 410 g/mol. The summed E-state index contributed by atoms with van der Waals surface area (Å²) in [5.74, 6) is 0. The standard InChI is InChI=1S/C21H19N3O2S2/c22-13-17-8-9-20-18(11-17)15-24(28(25,26)21-7-4-10-27-21)19(14-23-20)12-16-5-2-1-3-6-16/h1-11,19,23H,12,14-15H2/t19-/m0/s1. The van der Waals surface area contributed by atoms with Crippen molar-refractivity contribution in [2.45, 2.75) is 23.2 Å². The lowest BCUT2D eigenvalue weighted by Gasteiger charge is -2.28. The van der Waals surface area contributed by atoms with Gasteiger partial charge in [-0.1, -0.05) is 36.4 Å². The van der Waals surface area contributed by atoms with Gasteiger partial charge >= 0.3 is 0 Å². The maximum atomic E-state index is 13.4. The largest absolute Gasteiger partial charge is 0.383 e. The maximum absolute atomic E-state index is 13.4. The van der Waals surface area contributed by atoms with Crippen LogP contribution in [0.25, 0.3) is 0 Å². The van der Waals surface area contributed by atoms with Crippen molar-refractivity contribution in [3.05, 3.63) is 82.7 Å². The quantitative estimate of drug-likeness (QED) is 0.710. The Hall–Kier alpha value is -2.66. The third kappa shape index (κ3) is 3.67. The van der Waals surface area contributed by atoms with Gasteiger partial charge in [-0.25, -0.2) is 8.42 Å². The molecule has 1 atom stereocenters. The van der Waals surface area contributed by atoms with Gasteiger partial charge in [-0.05, 0) is 47.2 Å². The molecule has 0 unspecified atom stereocenters. The molecular formula is C21H19N3O2S2. The number of sulfonamides is 1. The lowest BCUT2D eigenvalue weighted by molar-refractivity contribution is 0.326. The Bertz CT molecular complexity index is 1100. The summed E-state index contributed by atoms with van der Waals surface area (Å²) in [6.07, 6.45) is 0.609. The van der Waals surface area contributed by atoms with E-state index in [-0.39, 0.29) is 12.6 Å². The number of anilines is 1. The van der Waals surface area contributed by atoms with E-state index in [4.69, 9.17) is 0 Å². The van der Waals surface area contributed by atoms with Gasteiger partial charge in [0.2, 0.25) is 0 Å². The molecule has 0 amide bonds. The van der Waals surface area contributed by atoms with Crippen LogP contribution in [0, 0.1) is 11.3 Å². The van der Waals surface area contributed by atoms with Crippen LogP contribution < -0.4 is 5.32 Å². The van der Waals surface area contributed by atoms with Gasteiger partial charge in [0.15, 0.2) is 0 Å². The van der Waals surface area contributed by atoms with E-state index >= 15 is 0 Å². The number of rotatable bonds is 4. The van der Waals surface area contributed by atoms with Crippen LogP contribution in [-0.2, 0) is 23.0 Å². The molecule has 0 saturated carbocycles. The molecule has 7 heteroatoms. The minimum absolute atomic E-state index is 0.232. The highest BCUT2D eigenvalue weighted by molar-refractivity contribution is 7.91. The molecule has 3 aromatic rings. The highest BCUT2D eigenvalue weighted by Crippen LogP contribution is 2.31. The van der Waals surface area contributed by atoms with Crippen molar-refractivity contribution >= 4 is 27.0 Å². The Labute approximate surface area is 168 Å². The van der Waals surface area contributed by atoms with Crippen LogP contribution in [-0.4, -0.2) is 25.3 Å². The van der Waals surface area contributed by atoms with Gasteiger partial charge in [-0.2, -0.15) is 9.57 Å². The van der Waals surface area contributed by atoms with E-state index < -0.39 is 10.0 Å². The zero-order chi connectivity index (χ0) is 19.6. The summed E-state index contributed by atoms with van der Waals surface area (Å²) < 4.78 is 28.7. The second-order valence-corrected chi connectivity index (χ2v) is 9.76. The van der Waals surface area contributed by atoms with Gasteiger partial charge < -0.3 is 5.32 Å². The molecule has 1 aliphatic heterocycles. The lowest BCUT2D eigenvalue weighted by Crippen LogP contribution is -2.43. The van der Waals surface area contributed by atoms with Crippen molar-refractivity contribution < 1.29 is 8.42 Å². The molecule has 2 aromatic carbocycles. The van der Waals surface area contributed by atoms with Crippen molar-refractivity contribution in [1.29, 1.82) is 5.26 Å². The molecular weight excluding hydrogens is 390 g/mol. The number of hydrogen-bond acceptors (Lipinski definition) is 5. The van der Waals surface area contributed by atoms with Gasteiger partial charge in [0.25, 0.3) is 10.0 Å². The predicted octanol–water partition coefficient (Wildman–Crippen LogP) is 3.85. The van der Waals surface area contributed by atoms with Crippen LogP contribution >= 0.6 is 11.3 Å². The van der Waals surface area contributed by atoms with Crippen molar-refractivity contribution in [1.82, 2.24) is 4.31 Å². The Balaban J connectivity index is 1.76. The predicted molar refractivity (Wildman–Crippen MR) is 111 cm³/mol. The van der Waals surface area contributed by atoms with Crippen LogP contribution in [0.5, 0.6) is 0 Å². The molecule has 2 heterocycles. The molecule has 5 nitrogen and oxygen atoms in total. The molecule has 1 aromatic heterocycles. The number of fused-ring (bicyclic) bond motifs is 1. The van der Waals surface area contributed by atoms with Crippen LogP contribution in [0.1, 0.15) is 16.7 Å². The molecule has 0 spiro atoms. The zero-order valence-electron chi connectivity index (χ0n) is 15.1. The third-order valence-corrected chi connectivity index (χ3v) is 8.14. The summed E-state index contributed by atoms with van der Waals surface area (Å²) in [6.45, 7) is 0.730. The first-order valence-electron chi connectivity index (χ1n) is 8.94. The molecule has 28 heavy (non-hydrogen) atoms. The molecule has 4 rings (SSSR count). The summed E-state index contributed by atoms with van der Waals surface area (Å²) in [5, 5.41) is 14.4. The van der Waals surface area contributed by atoms with E-state index in [1.54, 1.807) is 34.0 Å². The summed E-state index contributed by atoms with van der Waals surface area (Å²) in [5.41, 5.74) is 3.30. The van der Waals surface area contributed by atoms with Crippen LogP contribution in [0.15, 0.2) is 70.3 Å². The van der Waals surface area contributed by atoms with E-state index in [2.05, 4.69) is 11.4 Å². The monoisotopic (exact) mass is 409 g/mol. The number of nitriles is 1. The lowest BCUT2D eigenvalue weighted by atomic mass is 10.1. The minimum Gasteiger partial charge on any atom is -0.383 e. The second-order valence-electron chi connectivity index (χ2n) is 6.69. The maximum Gasteiger partial charge on any atom is 0.253 e. The van der Waals surface area contributed by atoms with Gasteiger partial charge in [0, 0.05) is 24.8 Å². The first-order chi connectivity index (χ1) is 13.6. The van der Waals surface area contributed by atoms with Crippen LogP contribution in [0.2, 0.25) is 0 Å². The number of hydrogen-bond donors (Lipinski definition) is 1. The molecule has 0 aliphatic carbocycles. The number of benzene rings is 2. The first-order valence-corrected chi connectivity index (χ1v) is 11.3. The van der Waals surface area contributed by atoms with Crippen molar-refractivity contribution in [2.75, 3.05) is 11.9 Å². The highest BCUT2D eigenvalue weighted by Gasteiger charge is 2.34. The van der Waals surface area contributed by atoms with E-state index in [0.29, 0.717) is 22.7 Å². The third-order valence-electron chi connectivity index (χ3n) is 4.87. The highest BCUT2D eigenvalue weighted by atomic mass is 32.2. The number of nitrogens with zero attached hydrogens (tertiary/aromatic N) is 2. The zero-order valence-corrected chi connectivity index (χ0v) is 16.7. The number of thiophene rings is 1. The average Bonchev–Trinajstić information content (AvgIpc) is 3.20. The van der Waals surface area contributed by atoms with Crippen molar-refractivity contribution in [3.63, 3.8) is 0 Å². The Morgan fingerprint density at radius 2 is 1.96 bits per heavy atom. The normalized spacial score (nSPS) is 17.2. The van der Waals surface area contributed by atoms with Crippen molar-refractivity contribution in [3.8, 4) is 6.07 Å². The topological polar surface area (TPSA) is 73.2 Å². The van der Waals surface area contributed by atoms with Gasteiger partial charge in [0.1, 0.15) is 4.21 Å². The SMILES string of the molecule is N#Cc1ccc2c(c1)CN(S(=O)(=O)c1cccs1)[C@@H](Cc1ccccc1)CN2. The van der Waals surface area contributed by atoms with Gasteiger partial charge in [0.05, 0.1) is 11.6 Å². The van der Waals surface area contributed by atoms with E-state index in [0.717, 1.165) is 16.8 Å². The van der Waals surface area contributed by atoms with E-state index in [1.165, 1.54) is 11.3 Å². The molecule has 142 valence electrons. The fourth-order valence-electron chi connectivity index (χ4n) is 3.46. The van der Waals surface area contributed by atoms with Gasteiger partial charge in [-0.15, -0.1) is 11.3 Å². The van der Waals surface area contributed by atoms with Gasteiger partial charge in [-0.3, -0.25) is 0 Å². The van der Waals surface area contributed by atoms with Crippen LogP contribution in [0.4, 0.5) is 5.69 Å². The fraction of sp³-hybridized carbons (Fsp3) is 0.190. The smallest absolute Gasteiger partial charge is 0.253 e. The Kier molecular flexibility index (Phi) is 5.18. The molecule has 1 aliphatic rings. The van der Waals surface area contributed by atoms with E-state index in [1.807, 2.05) is 36.4 Å². The molecule has 0 fully saturated rings. The second kappa shape index (κ2) is 7.76.